The van der Waals surface area contributed by atoms with Crippen molar-refractivity contribution in [3.63, 3.8) is 0 Å². The average molecular weight is 1290 g/mol. The maximum absolute atomic E-state index is 12.0. The van der Waals surface area contributed by atoms with Crippen molar-refractivity contribution >= 4 is 5.97 Å². The molecule has 0 spiro atoms. The van der Waals surface area contributed by atoms with E-state index in [4.69, 9.17) is 28.4 Å². The molecule has 0 bridgehead atoms. The smallest absolute Gasteiger partial charge is 0.345 e. The predicted octanol–water partition coefficient (Wildman–Crippen LogP) is 24.2. The van der Waals surface area contributed by atoms with Crippen molar-refractivity contribution in [1.82, 2.24) is 0 Å². The Balaban J connectivity index is 0.000000303. The van der Waals surface area contributed by atoms with Crippen LogP contribution in [0.4, 0.5) is 0 Å². The van der Waals surface area contributed by atoms with E-state index in [1.54, 1.807) is 18.2 Å². The maximum Gasteiger partial charge on any atom is 0.345 e. The Hall–Kier alpha value is -8.27. The van der Waals surface area contributed by atoms with Gasteiger partial charge in [-0.25, -0.2) is 4.79 Å². The minimum Gasteiger partial charge on any atom is -0.465 e. The second-order valence-electron chi connectivity index (χ2n) is 22.6. The molecule has 0 amide bonds. The lowest BCUT2D eigenvalue weighted by Crippen LogP contribution is -2.41. The number of hydrogen-bond donors (Lipinski definition) is 1. The van der Waals surface area contributed by atoms with Crippen molar-refractivity contribution < 1.29 is 38.3 Å². The summed E-state index contributed by atoms with van der Waals surface area (Å²) in [4.78, 5) is 12.0. The predicted molar refractivity (Wildman–Crippen MR) is 401 cm³/mol. The SMILES string of the molecule is CC/C=C\C/C=C\C/C=C\C/C=C\C/C=C\C/C=C\CCC1(O)OCc2ccccc2O1.CC/C=C\C/C=C\C/C=C\C/C=C\C/C=C\C/C=C\CCC1OC(=O)c2ccccc2O1.CC/C=C\C/C=C\C/C=C\C/C=C\C/C=C\C/C=C\CCC1OCc2ccccc2O1. The molecule has 0 fully saturated rings. The fraction of sp³-hybridized carbons (Fsp3) is 0.368. The van der Waals surface area contributed by atoms with Crippen LogP contribution in [0.1, 0.15) is 196 Å². The first kappa shape index (κ1) is 79.2. The molecule has 3 atom stereocenters. The Bertz CT molecular complexity index is 3070. The molecule has 3 aromatic carbocycles. The van der Waals surface area contributed by atoms with E-state index in [0.717, 1.165) is 152 Å². The van der Waals surface area contributed by atoms with Crippen LogP contribution in [0.15, 0.2) is 292 Å². The molecular formula is C87H112O8. The first-order valence-electron chi connectivity index (χ1n) is 35.1. The van der Waals surface area contributed by atoms with E-state index in [0.29, 0.717) is 49.5 Å². The quantitative estimate of drug-likeness (QED) is 0.0443. The van der Waals surface area contributed by atoms with E-state index in [-0.39, 0.29) is 12.3 Å². The van der Waals surface area contributed by atoms with Gasteiger partial charge in [0.05, 0.1) is 13.2 Å². The average Bonchev–Trinajstić information content (AvgIpc) is 0.874. The molecule has 0 saturated carbocycles. The van der Waals surface area contributed by atoms with E-state index in [1.807, 2.05) is 48.5 Å². The molecule has 3 aliphatic rings. The van der Waals surface area contributed by atoms with Gasteiger partial charge in [0, 0.05) is 30.4 Å². The number of aliphatic hydroxyl groups is 1. The molecular weight excluding hydrogens is 1170 g/mol. The molecule has 1 N–H and O–H groups in total. The summed E-state index contributed by atoms with van der Waals surface area (Å²) in [6, 6.07) is 22.9. The third-order valence-electron chi connectivity index (χ3n) is 14.5. The number of para-hydroxylation sites is 3. The molecule has 6 rings (SSSR count). The van der Waals surface area contributed by atoms with Crippen LogP contribution in [0, 0.1) is 0 Å². The summed E-state index contributed by atoms with van der Waals surface area (Å²) in [6.07, 6.45) is 101. The van der Waals surface area contributed by atoms with Crippen LogP contribution in [0.3, 0.4) is 0 Å². The Labute approximate surface area is 573 Å². The largest absolute Gasteiger partial charge is 0.465 e. The van der Waals surface area contributed by atoms with E-state index in [2.05, 4.69) is 246 Å². The monoisotopic (exact) mass is 1280 g/mol. The van der Waals surface area contributed by atoms with Crippen LogP contribution in [0.2, 0.25) is 0 Å². The van der Waals surface area contributed by atoms with E-state index < -0.39 is 12.3 Å². The zero-order valence-corrected chi connectivity index (χ0v) is 57.6. The van der Waals surface area contributed by atoms with Crippen LogP contribution in [-0.2, 0) is 27.4 Å². The number of esters is 1. The highest BCUT2D eigenvalue weighted by atomic mass is 16.8. The number of cyclic esters (lactones) is 1. The van der Waals surface area contributed by atoms with Crippen LogP contribution in [0.25, 0.3) is 0 Å². The fourth-order valence-electron chi connectivity index (χ4n) is 9.33. The van der Waals surface area contributed by atoms with Crippen LogP contribution < -0.4 is 14.2 Å². The van der Waals surface area contributed by atoms with Crippen molar-refractivity contribution in [1.29, 1.82) is 0 Å². The number of ether oxygens (including phenoxy) is 6. The number of fused-ring (bicyclic) bond motifs is 3. The van der Waals surface area contributed by atoms with Crippen LogP contribution >= 0.6 is 0 Å². The van der Waals surface area contributed by atoms with Gasteiger partial charge in [0.1, 0.15) is 22.8 Å². The van der Waals surface area contributed by atoms with Crippen molar-refractivity contribution in [2.75, 3.05) is 0 Å². The second-order valence-corrected chi connectivity index (χ2v) is 22.6. The highest BCUT2D eigenvalue weighted by Gasteiger charge is 2.34. The Morgan fingerprint density at radius 3 is 1.05 bits per heavy atom. The minimum absolute atomic E-state index is 0.131. The number of carbonyl (C=O) groups is 1. The fourth-order valence-corrected chi connectivity index (χ4v) is 9.33. The summed E-state index contributed by atoms with van der Waals surface area (Å²) >= 11 is 0. The molecule has 0 radical (unpaired) electrons. The summed E-state index contributed by atoms with van der Waals surface area (Å²) in [7, 11) is 0. The standard InChI is InChI=1S/C29H38O3.C29H36O3.C29H38O2/c1-2-3-4-5-6-7-8-9-10-11-12-13-14-15-16-17-18-19-22-25-29(30)31-26-27-23-20-21-24-28(27)32-29;1-2-3-4-5-6-7-8-9-10-11-12-13-14-15-16-17-18-19-20-25-28-31-27-24-22-21-23-26(27)29(30)32-28;1-2-3-4-5-6-7-8-9-10-11-12-13-14-15-16-17-18-19-20-25-29-30-26-27-23-21-22-24-28(27)31-29/h3-4,6-7,9-10,12-13,15-16,18-21,23-24,30H,2,5,8,11,14,17,22,25-26H2,1H3;3-4,6-7,9-10,12-13,15-16,18-19,21-24,28H,2,5,8,11,14,17,20,25H2,1H3;3-4,6-7,9-10,12-13,15-16,18-19,21-24,29H,2,5,8,11,14,17,20,25-26H2,1H3/b3*4-3-,7-6-,10-9-,13-12-,16-15-,19-18-. The molecule has 3 heterocycles. The second kappa shape index (κ2) is 56.1. The van der Waals surface area contributed by atoms with Gasteiger partial charge < -0.3 is 33.5 Å². The lowest BCUT2D eigenvalue weighted by molar-refractivity contribution is -0.337. The van der Waals surface area contributed by atoms with Gasteiger partial charge in [-0.05, 0) is 159 Å². The highest BCUT2D eigenvalue weighted by Crippen LogP contribution is 2.33. The van der Waals surface area contributed by atoms with Crippen LogP contribution in [-0.4, -0.2) is 29.6 Å². The van der Waals surface area contributed by atoms with Gasteiger partial charge in [0.2, 0.25) is 6.29 Å². The number of rotatable bonds is 42. The summed E-state index contributed by atoms with van der Waals surface area (Å²) in [6.45, 7) is 7.48. The maximum atomic E-state index is 12.0. The zero-order chi connectivity index (χ0) is 67.3. The Morgan fingerprint density at radius 2 is 0.653 bits per heavy atom. The summed E-state index contributed by atoms with van der Waals surface area (Å²) in [5.74, 6) is 0.428. The van der Waals surface area contributed by atoms with Gasteiger partial charge in [0.25, 0.3) is 0 Å². The molecule has 0 aromatic heterocycles. The van der Waals surface area contributed by atoms with Crippen molar-refractivity contribution in [2.45, 2.75) is 207 Å². The number of hydrogen-bond acceptors (Lipinski definition) is 8. The molecule has 508 valence electrons. The molecule has 0 aliphatic carbocycles. The molecule has 0 saturated heterocycles. The summed E-state index contributed by atoms with van der Waals surface area (Å²) in [5, 5.41) is 10.5. The molecule has 3 aromatic rings. The Kier molecular flexibility index (Phi) is 46.8. The molecule has 8 heteroatoms. The van der Waals surface area contributed by atoms with E-state index >= 15 is 0 Å². The summed E-state index contributed by atoms with van der Waals surface area (Å²) in [5.41, 5.74) is 2.59. The van der Waals surface area contributed by atoms with Gasteiger partial charge in [-0.3, -0.25) is 0 Å². The Morgan fingerprint density at radius 1 is 0.347 bits per heavy atom. The van der Waals surface area contributed by atoms with Crippen molar-refractivity contribution in [3.05, 3.63) is 308 Å². The topological polar surface area (TPSA) is 92.7 Å². The van der Waals surface area contributed by atoms with Gasteiger partial charge in [-0.2, -0.15) is 0 Å². The van der Waals surface area contributed by atoms with E-state index in [1.165, 1.54) is 0 Å². The third kappa shape index (κ3) is 41.2. The first-order valence-corrected chi connectivity index (χ1v) is 35.1. The lowest BCUT2D eigenvalue weighted by Gasteiger charge is -2.33. The first-order chi connectivity index (χ1) is 46.9. The molecule has 8 nitrogen and oxygen atoms in total. The molecule has 3 aliphatic heterocycles. The van der Waals surface area contributed by atoms with Crippen molar-refractivity contribution in [2.24, 2.45) is 0 Å². The molecule has 95 heavy (non-hydrogen) atoms. The van der Waals surface area contributed by atoms with E-state index in [9.17, 15) is 9.90 Å². The number of allylic oxidation sites excluding steroid dienone is 36. The summed E-state index contributed by atoms with van der Waals surface area (Å²) < 4.78 is 33.8. The lowest BCUT2D eigenvalue weighted by atomic mass is 10.1. The van der Waals surface area contributed by atoms with Gasteiger partial charge in [0.15, 0.2) is 6.29 Å². The third-order valence-corrected chi connectivity index (χ3v) is 14.5. The van der Waals surface area contributed by atoms with Gasteiger partial charge in [-0.1, -0.05) is 288 Å². The highest BCUT2D eigenvalue weighted by molar-refractivity contribution is 5.93. The van der Waals surface area contributed by atoms with Gasteiger partial charge >= 0.3 is 11.9 Å². The number of benzene rings is 3. The van der Waals surface area contributed by atoms with Crippen LogP contribution in [0.5, 0.6) is 17.2 Å². The normalized spacial score (nSPS) is 17.7. The van der Waals surface area contributed by atoms with Gasteiger partial charge in [-0.15, -0.1) is 0 Å². The molecule has 3 unspecified atom stereocenters. The zero-order valence-electron chi connectivity index (χ0n) is 57.6. The minimum atomic E-state index is -1.53. The number of carbonyl (C=O) groups excluding carboxylic acids is 1. The van der Waals surface area contributed by atoms with Crippen molar-refractivity contribution in [3.8, 4) is 17.2 Å².